The maximum atomic E-state index is 12.1. The molecule has 0 radical (unpaired) electrons. The number of nitrogens with one attached hydrogen (secondary N) is 1. The number of rotatable bonds is 3. The summed E-state index contributed by atoms with van der Waals surface area (Å²) < 4.78 is 1.11. The molecule has 94 valence electrons. The van der Waals surface area contributed by atoms with E-state index in [9.17, 15) is 9.90 Å². The molecule has 1 amide bonds. The van der Waals surface area contributed by atoms with E-state index in [1.807, 2.05) is 11.4 Å². The molecule has 1 aromatic heterocycles. The zero-order chi connectivity index (χ0) is 12.3. The summed E-state index contributed by atoms with van der Waals surface area (Å²) in [5, 5.41) is 14.4. The van der Waals surface area contributed by atoms with Crippen LogP contribution in [0, 0.1) is 2.88 Å². The van der Waals surface area contributed by atoms with Crippen LogP contribution in [-0.4, -0.2) is 23.2 Å². The van der Waals surface area contributed by atoms with Gasteiger partial charge >= 0.3 is 0 Å². The Bertz CT molecular complexity index is 399. The third kappa shape index (κ3) is 3.20. The Balaban J connectivity index is 2.05. The number of carbonyl (C=O) groups excluding carboxylic acids is 1. The fourth-order valence-corrected chi connectivity index (χ4v) is 3.62. The second-order valence-electron chi connectivity index (χ2n) is 4.59. The van der Waals surface area contributed by atoms with Crippen LogP contribution in [0.15, 0.2) is 11.4 Å². The molecule has 0 unspecified atom stereocenters. The average molecular weight is 365 g/mol. The van der Waals surface area contributed by atoms with Gasteiger partial charge in [0.2, 0.25) is 0 Å². The van der Waals surface area contributed by atoms with Crippen LogP contribution in [0.3, 0.4) is 0 Å². The molecule has 0 bridgehead atoms. The molecule has 0 aliphatic heterocycles. The normalized spacial score (nSPS) is 18.9. The van der Waals surface area contributed by atoms with Crippen molar-refractivity contribution in [1.29, 1.82) is 0 Å². The van der Waals surface area contributed by atoms with Crippen molar-refractivity contribution < 1.29 is 9.90 Å². The molecular formula is C12H16INO2S. The molecule has 2 rings (SSSR count). The van der Waals surface area contributed by atoms with E-state index in [-0.39, 0.29) is 18.1 Å². The summed E-state index contributed by atoms with van der Waals surface area (Å²) in [7, 11) is 0. The number of thiophene rings is 1. The molecule has 1 aromatic rings. The summed E-state index contributed by atoms with van der Waals surface area (Å²) in [6, 6.07) is 1.88. The first-order valence-electron chi connectivity index (χ1n) is 5.83. The predicted molar refractivity (Wildman–Crippen MR) is 77.4 cm³/mol. The third-order valence-corrected chi connectivity index (χ3v) is 5.11. The third-order valence-electron chi connectivity index (χ3n) is 3.32. The molecule has 5 heteroatoms. The van der Waals surface area contributed by atoms with E-state index in [4.69, 9.17) is 0 Å². The summed E-state index contributed by atoms with van der Waals surface area (Å²) in [6.45, 7) is 0.0416. The number of halogens is 1. The minimum Gasteiger partial charge on any atom is -0.394 e. The Labute approximate surface area is 119 Å². The van der Waals surface area contributed by atoms with Gasteiger partial charge in [0, 0.05) is 5.38 Å². The molecule has 17 heavy (non-hydrogen) atoms. The van der Waals surface area contributed by atoms with E-state index >= 15 is 0 Å². The van der Waals surface area contributed by atoms with Crippen LogP contribution in [0.25, 0.3) is 0 Å². The van der Waals surface area contributed by atoms with Crippen LogP contribution in [0.5, 0.6) is 0 Å². The monoisotopic (exact) mass is 365 g/mol. The van der Waals surface area contributed by atoms with E-state index in [0.29, 0.717) is 5.56 Å². The Morgan fingerprint density at radius 1 is 1.47 bits per heavy atom. The molecule has 2 N–H and O–H groups in total. The highest BCUT2D eigenvalue weighted by molar-refractivity contribution is 14.1. The average Bonchev–Trinajstić information content (AvgIpc) is 2.77. The Morgan fingerprint density at radius 2 is 2.18 bits per heavy atom. The molecular weight excluding hydrogens is 349 g/mol. The summed E-state index contributed by atoms with van der Waals surface area (Å²) in [5.41, 5.74) is 0.320. The molecule has 1 aliphatic carbocycles. The van der Waals surface area contributed by atoms with Crippen molar-refractivity contribution in [2.75, 3.05) is 6.61 Å². The highest BCUT2D eigenvalue weighted by atomic mass is 127. The maximum Gasteiger partial charge on any atom is 0.252 e. The molecule has 1 fully saturated rings. The second kappa shape index (κ2) is 5.67. The Hall–Kier alpha value is -0.140. The predicted octanol–water partition coefficient (Wildman–Crippen LogP) is 2.78. The first-order chi connectivity index (χ1) is 8.15. The number of amides is 1. The van der Waals surface area contributed by atoms with Crippen molar-refractivity contribution in [2.24, 2.45) is 0 Å². The molecule has 1 aliphatic rings. The molecule has 0 spiro atoms. The van der Waals surface area contributed by atoms with Crippen LogP contribution in [-0.2, 0) is 0 Å². The van der Waals surface area contributed by atoms with E-state index < -0.39 is 0 Å². The van der Waals surface area contributed by atoms with Crippen molar-refractivity contribution in [3.63, 3.8) is 0 Å². The van der Waals surface area contributed by atoms with Crippen molar-refractivity contribution in [3.05, 3.63) is 19.9 Å². The van der Waals surface area contributed by atoms with Gasteiger partial charge in [0.05, 0.1) is 20.6 Å². The van der Waals surface area contributed by atoms with E-state index in [0.717, 1.165) is 28.6 Å². The lowest BCUT2D eigenvalue weighted by Crippen LogP contribution is -2.52. The van der Waals surface area contributed by atoms with Gasteiger partial charge in [0.1, 0.15) is 0 Å². The lowest BCUT2D eigenvalue weighted by Gasteiger charge is -2.36. The molecule has 0 atom stereocenters. The summed E-state index contributed by atoms with van der Waals surface area (Å²) in [5.74, 6) is -0.0554. The fraction of sp³-hybridized carbons (Fsp3) is 0.583. The topological polar surface area (TPSA) is 49.3 Å². The lowest BCUT2D eigenvalue weighted by atomic mass is 9.82. The first kappa shape index (κ1) is 13.3. The van der Waals surface area contributed by atoms with Gasteiger partial charge in [0.25, 0.3) is 5.91 Å². The summed E-state index contributed by atoms with van der Waals surface area (Å²) >= 11 is 3.77. The summed E-state index contributed by atoms with van der Waals surface area (Å²) in [6.07, 6.45) is 5.14. The van der Waals surface area contributed by atoms with Crippen LogP contribution in [0.4, 0.5) is 0 Å². The van der Waals surface area contributed by atoms with Crippen molar-refractivity contribution >= 4 is 39.8 Å². The van der Waals surface area contributed by atoms with Crippen molar-refractivity contribution in [3.8, 4) is 0 Å². The number of hydrogen-bond acceptors (Lipinski definition) is 3. The van der Waals surface area contributed by atoms with E-state index in [2.05, 4.69) is 27.9 Å². The van der Waals surface area contributed by atoms with Crippen LogP contribution >= 0.6 is 33.9 Å². The molecule has 3 nitrogen and oxygen atoms in total. The van der Waals surface area contributed by atoms with Gasteiger partial charge in [-0.3, -0.25) is 4.79 Å². The van der Waals surface area contributed by atoms with Crippen LogP contribution in [0.1, 0.15) is 42.5 Å². The molecule has 0 aromatic carbocycles. The quantitative estimate of drug-likeness (QED) is 0.810. The zero-order valence-corrected chi connectivity index (χ0v) is 12.5. The Morgan fingerprint density at radius 3 is 2.71 bits per heavy atom. The second-order valence-corrected chi connectivity index (χ2v) is 7.40. The van der Waals surface area contributed by atoms with E-state index in [1.54, 1.807) is 11.3 Å². The largest absolute Gasteiger partial charge is 0.394 e. The fourth-order valence-electron chi connectivity index (χ4n) is 2.29. The van der Waals surface area contributed by atoms with Gasteiger partial charge in [-0.1, -0.05) is 19.3 Å². The first-order valence-corrected chi connectivity index (χ1v) is 7.78. The highest BCUT2D eigenvalue weighted by Gasteiger charge is 2.33. The smallest absolute Gasteiger partial charge is 0.252 e. The number of hydrogen-bond donors (Lipinski definition) is 2. The SMILES string of the molecule is O=C(NC1(CO)CCCCC1)c1csc(I)c1. The maximum absolute atomic E-state index is 12.1. The number of carbonyl (C=O) groups is 1. The molecule has 0 saturated heterocycles. The number of aliphatic hydroxyl groups is 1. The number of aliphatic hydroxyl groups excluding tert-OH is 1. The minimum absolute atomic E-state index is 0.0416. The summed E-state index contributed by atoms with van der Waals surface area (Å²) in [4.78, 5) is 12.1. The van der Waals surface area contributed by atoms with Gasteiger partial charge < -0.3 is 10.4 Å². The highest BCUT2D eigenvalue weighted by Crippen LogP contribution is 2.28. The molecule has 1 saturated carbocycles. The van der Waals surface area contributed by atoms with Crippen molar-refractivity contribution in [1.82, 2.24) is 5.32 Å². The van der Waals surface area contributed by atoms with E-state index in [1.165, 1.54) is 6.42 Å². The standard InChI is InChI=1S/C12H16INO2S/c13-10-6-9(7-17-10)11(16)14-12(8-15)4-2-1-3-5-12/h6-7,15H,1-5,8H2,(H,14,16). The van der Waals surface area contributed by atoms with Crippen molar-refractivity contribution in [2.45, 2.75) is 37.6 Å². The van der Waals surface area contributed by atoms with Crippen LogP contribution < -0.4 is 5.32 Å². The minimum atomic E-state index is -0.386. The van der Waals surface area contributed by atoms with Gasteiger partial charge in [-0.05, 0) is 41.5 Å². The van der Waals surface area contributed by atoms with Gasteiger partial charge in [-0.2, -0.15) is 0 Å². The Kier molecular flexibility index (Phi) is 4.43. The van der Waals surface area contributed by atoms with Gasteiger partial charge in [0.15, 0.2) is 0 Å². The zero-order valence-electron chi connectivity index (χ0n) is 9.54. The van der Waals surface area contributed by atoms with Gasteiger partial charge in [-0.15, -0.1) is 11.3 Å². The van der Waals surface area contributed by atoms with Crippen LogP contribution in [0.2, 0.25) is 0 Å². The lowest BCUT2D eigenvalue weighted by molar-refractivity contribution is 0.0759. The molecule has 1 heterocycles. The van der Waals surface area contributed by atoms with Gasteiger partial charge in [-0.25, -0.2) is 0 Å².